The first-order valence-corrected chi connectivity index (χ1v) is 21.5. The van der Waals surface area contributed by atoms with E-state index in [0.29, 0.717) is 46.4 Å². The highest BCUT2D eigenvalue weighted by Crippen LogP contribution is 2.48. The summed E-state index contributed by atoms with van der Waals surface area (Å²) >= 11 is 3.68. The van der Waals surface area contributed by atoms with Crippen LogP contribution in [0, 0.1) is 5.82 Å². The summed E-state index contributed by atoms with van der Waals surface area (Å²) in [5.41, 5.74) is 3.80. The average Bonchev–Trinajstić information content (AvgIpc) is 3.77. The molecule has 1 heterocycles. The second-order valence-corrected chi connectivity index (χ2v) is 21.5. The van der Waals surface area contributed by atoms with Gasteiger partial charge in [-0.05, 0) is 97.3 Å². The molecular formula is C36H44BrFN2O5SSi. The lowest BCUT2D eigenvalue weighted by molar-refractivity contribution is 0.0964. The van der Waals surface area contributed by atoms with Gasteiger partial charge in [0.05, 0.1) is 23.6 Å². The number of carbonyl (C=O) groups is 1. The fraction of sp³-hybridized carbons (Fsp3) is 0.417. The molecule has 1 aromatic heterocycles. The van der Waals surface area contributed by atoms with E-state index in [9.17, 15) is 17.6 Å². The molecule has 11 heteroatoms. The van der Waals surface area contributed by atoms with Crippen LogP contribution in [0.4, 0.5) is 10.1 Å². The molecule has 0 aliphatic heterocycles. The molecule has 7 nitrogen and oxygen atoms in total. The van der Waals surface area contributed by atoms with Gasteiger partial charge in [0.15, 0.2) is 8.32 Å². The number of nitrogens with one attached hydrogen (secondary N) is 1. The number of halogens is 2. The summed E-state index contributed by atoms with van der Waals surface area (Å²) in [5, 5.41) is 3.27. The molecular weight excluding hydrogens is 699 g/mol. The van der Waals surface area contributed by atoms with Crippen molar-refractivity contribution in [2.75, 3.05) is 24.2 Å². The Balaban J connectivity index is 1.58. The average molecular weight is 744 g/mol. The van der Waals surface area contributed by atoms with E-state index in [1.165, 1.54) is 22.7 Å². The summed E-state index contributed by atoms with van der Waals surface area (Å²) in [5.74, 6) is -0.264. The molecule has 4 aromatic rings. The minimum absolute atomic E-state index is 0.0239. The fourth-order valence-corrected chi connectivity index (χ4v) is 8.46. The summed E-state index contributed by atoms with van der Waals surface area (Å²) in [7, 11) is -4.38. The van der Waals surface area contributed by atoms with Gasteiger partial charge < -0.3 is 14.2 Å². The van der Waals surface area contributed by atoms with Crippen LogP contribution in [0.5, 0.6) is 0 Å². The van der Waals surface area contributed by atoms with E-state index in [-0.39, 0.29) is 29.5 Å². The SMILES string of the molecule is CNC(=O)c1c(-c2ccc(F)cc2)oc2cc(N(CCC(Cc3ccccc3Br)O[Si](C)(C)C(C)(C)C)S(C)(=O)=O)c(C3CC3)cc12. The molecule has 0 spiro atoms. The van der Waals surface area contributed by atoms with Crippen LogP contribution >= 0.6 is 15.9 Å². The van der Waals surface area contributed by atoms with Gasteiger partial charge in [0.25, 0.3) is 5.91 Å². The van der Waals surface area contributed by atoms with Gasteiger partial charge in [0.1, 0.15) is 17.2 Å². The first-order chi connectivity index (χ1) is 22.0. The molecule has 0 bridgehead atoms. The lowest BCUT2D eigenvalue weighted by atomic mass is 10.00. The van der Waals surface area contributed by atoms with Gasteiger partial charge in [-0.15, -0.1) is 0 Å². The normalized spacial score (nSPS) is 14.7. The highest BCUT2D eigenvalue weighted by atomic mass is 79.9. The van der Waals surface area contributed by atoms with Crippen molar-refractivity contribution in [1.82, 2.24) is 5.32 Å². The van der Waals surface area contributed by atoms with Crippen LogP contribution in [-0.2, 0) is 20.9 Å². The van der Waals surface area contributed by atoms with E-state index < -0.39 is 24.2 Å². The number of furan rings is 1. The van der Waals surface area contributed by atoms with E-state index in [1.54, 1.807) is 25.2 Å². The molecule has 5 rings (SSSR count). The van der Waals surface area contributed by atoms with Gasteiger partial charge in [-0.1, -0.05) is 54.9 Å². The van der Waals surface area contributed by atoms with Crippen molar-refractivity contribution in [3.63, 3.8) is 0 Å². The smallest absolute Gasteiger partial charge is 0.255 e. The number of sulfonamides is 1. The van der Waals surface area contributed by atoms with Crippen molar-refractivity contribution in [1.29, 1.82) is 0 Å². The Labute approximate surface area is 287 Å². The molecule has 1 N–H and O–H groups in total. The van der Waals surface area contributed by atoms with Crippen LogP contribution in [0.3, 0.4) is 0 Å². The monoisotopic (exact) mass is 742 g/mol. The van der Waals surface area contributed by atoms with Gasteiger partial charge in [0, 0.05) is 35.1 Å². The van der Waals surface area contributed by atoms with Crippen LogP contribution in [0.2, 0.25) is 18.1 Å². The van der Waals surface area contributed by atoms with E-state index in [1.807, 2.05) is 24.3 Å². The topological polar surface area (TPSA) is 88.8 Å². The number of carbonyl (C=O) groups excluding carboxylic acids is 1. The Bertz CT molecular complexity index is 1880. The lowest BCUT2D eigenvalue weighted by Gasteiger charge is -2.40. The second-order valence-electron chi connectivity index (χ2n) is 14.0. The van der Waals surface area contributed by atoms with Crippen LogP contribution in [-0.4, -0.2) is 48.6 Å². The predicted octanol–water partition coefficient (Wildman–Crippen LogP) is 9.03. The zero-order valence-corrected chi connectivity index (χ0v) is 31.5. The third kappa shape index (κ3) is 7.85. The summed E-state index contributed by atoms with van der Waals surface area (Å²) in [6.07, 6.45) is 3.97. The Morgan fingerprint density at radius 1 is 1.13 bits per heavy atom. The number of nitrogens with zero attached hydrogens (tertiary/aromatic N) is 1. The van der Waals surface area contributed by atoms with Gasteiger partial charge >= 0.3 is 0 Å². The lowest BCUT2D eigenvalue weighted by Crippen LogP contribution is -2.45. The van der Waals surface area contributed by atoms with Crippen LogP contribution in [0.15, 0.2) is 69.6 Å². The second kappa shape index (κ2) is 13.5. The number of amides is 1. The Morgan fingerprint density at radius 3 is 2.36 bits per heavy atom. The third-order valence-electron chi connectivity index (χ3n) is 9.41. The van der Waals surface area contributed by atoms with Crippen molar-refractivity contribution >= 4 is 56.8 Å². The van der Waals surface area contributed by atoms with Crippen molar-refractivity contribution in [2.24, 2.45) is 0 Å². The minimum Gasteiger partial charge on any atom is -0.455 e. The van der Waals surface area contributed by atoms with E-state index >= 15 is 0 Å². The van der Waals surface area contributed by atoms with Crippen molar-refractivity contribution in [2.45, 2.75) is 76.6 Å². The molecule has 3 aromatic carbocycles. The molecule has 1 unspecified atom stereocenters. The van der Waals surface area contributed by atoms with Crippen molar-refractivity contribution in [3.8, 4) is 11.3 Å². The molecule has 1 aliphatic rings. The molecule has 1 atom stereocenters. The largest absolute Gasteiger partial charge is 0.455 e. The van der Waals surface area contributed by atoms with Gasteiger partial charge in [-0.3, -0.25) is 9.10 Å². The molecule has 0 radical (unpaired) electrons. The highest BCUT2D eigenvalue weighted by molar-refractivity contribution is 9.10. The maximum atomic E-state index is 13.8. The van der Waals surface area contributed by atoms with E-state index in [2.05, 4.69) is 61.2 Å². The first-order valence-electron chi connectivity index (χ1n) is 16.0. The molecule has 1 aliphatic carbocycles. The molecule has 1 amide bonds. The Morgan fingerprint density at radius 2 is 1.79 bits per heavy atom. The van der Waals surface area contributed by atoms with Gasteiger partial charge in [-0.25, -0.2) is 12.8 Å². The quantitative estimate of drug-likeness (QED) is 0.146. The summed E-state index contributed by atoms with van der Waals surface area (Å²) in [6.45, 7) is 11.2. The van der Waals surface area contributed by atoms with Crippen molar-refractivity contribution < 1.29 is 26.4 Å². The Hall–Kier alpha value is -2.99. The number of anilines is 1. The predicted molar refractivity (Wildman–Crippen MR) is 194 cm³/mol. The van der Waals surface area contributed by atoms with Gasteiger partial charge in [-0.2, -0.15) is 0 Å². The maximum absolute atomic E-state index is 13.8. The van der Waals surface area contributed by atoms with E-state index in [0.717, 1.165) is 28.4 Å². The molecule has 0 saturated heterocycles. The number of hydrogen-bond donors (Lipinski definition) is 1. The first kappa shape index (κ1) is 35.3. The zero-order valence-electron chi connectivity index (χ0n) is 28.1. The Kier molecular flexibility index (Phi) is 10.1. The number of rotatable bonds is 12. The minimum atomic E-state index is -3.73. The maximum Gasteiger partial charge on any atom is 0.255 e. The van der Waals surface area contributed by atoms with Crippen LogP contribution in [0.1, 0.15) is 67.4 Å². The van der Waals surface area contributed by atoms with Crippen LogP contribution < -0.4 is 9.62 Å². The highest BCUT2D eigenvalue weighted by Gasteiger charge is 2.40. The summed E-state index contributed by atoms with van der Waals surface area (Å²) < 4.78 is 56.6. The fourth-order valence-electron chi connectivity index (χ4n) is 5.67. The molecule has 47 heavy (non-hydrogen) atoms. The summed E-state index contributed by atoms with van der Waals surface area (Å²) in [6, 6.07) is 17.5. The van der Waals surface area contributed by atoms with Crippen molar-refractivity contribution in [3.05, 3.63) is 87.6 Å². The number of hydrogen-bond acceptors (Lipinski definition) is 5. The van der Waals surface area contributed by atoms with E-state index in [4.69, 9.17) is 8.84 Å². The van der Waals surface area contributed by atoms with Gasteiger partial charge in [0.2, 0.25) is 10.0 Å². The number of benzene rings is 3. The van der Waals surface area contributed by atoms with Crippen LogP contribution in [0.25, 0.3) is 22.3 Å². The molecule has 1 saturated carbocycles. The molecule has 252 valence electrons. The summed E-state index contributed by atoms with van der Waals surface area (Å²) in [4.78, 5) is 13.2. The zero-order chi connectivity index (χ0) is 34.3. The third-order valence-corrected chi connectivity index (χ3v) is 15.9. The number of fused-ring (bicyclic) bond motifs is 1. The standard InChI is InChI=1S/C36H44BrFN2O5SSi/c1-36(2,3)47(6,7)45-27(20-25-10-8-9-11-30(25)37)18-19-40(46(5,42)43)31-22-32-29(21-28(31)23-12-13-23)33(35(41)39-4)34(44-32)24-14-16-26(38)17-15-24/h8-11,14-17,21-23,27H,12-13,18-20H2,1-7H3,(H,39,41). The molecule has 1 fully saturated rings.